The molecule has 1 saturated heterocycles. The highest BCUT2D eigenvalue weighted by Crippen LogP contribution is 2.18. The summed E-state index contributed by atoms with van der Waals surface area (Å²) in [6.45, 7) is 1.04. The van der Waals surface area contributed by atoms with Crippen LogP contribution in [-0.4, -0.2) is 40.9 Å². The quantitative estimate of drug-likeness (QED) is 0.466. The summed E-state index contributed by atoms with van der Waals surface area (Å²) in [6, 6.07) is 0. The summed E-state index contributed by atoms with van der Waals surface area (Å²) in [5.74, 6) is -1.10. The summed E-state index contributed by atoms with van der Waals surface area (Å²) < 4.78 is 0. The number of carboxylic acids is 1. The molecule has 4 N–H and O–H groups in total. The smallest absolute Gasteiger partial charge is 0.405 e. The van der Waals surface area contributed by atoms with Crippen molar-refractivity contribution >= 4 is 12.1 Å². The Balaban J connectivity index is 2.73. The molecule has 1 aliphatic heterocycles. The van der Waals surface area contributed by atoms with Gasteiger partial charge in [-0.05, 0) is 25.9 Å². The summed E-state index contributed by atoms with van der Waals surface area (Å²) in [6.07, 6.45) is -0.715. The second kappa shape index (κ2) is 3.61. The molecule has 0 unspecified atom stereocenters. The molecular weight excluding hydrogens is 176 g/mol. The number of piperidine rings is 1. The minimum atomic E-state index is -1.29. The SMILES string of the molecule is O=C(O)NC1(C(=O)O)CCNCC1. The van der Waals surface area contributed by atoms with Crippen molar-refractivity contribution in [3.8, 4) is 0 Å². The number of amides is 1. The lowest BCUT2D eigenvalue weighted by Gasteiger charge is -2.33. The van der Waals surface area contributed by atoms with Crippen molar-refractivity contribution in [1.29, 1.82) is 0 Å². The lowest BCUT2D eigenvalue weighted by atomic mass is 9.89. The van der Waals surface area contributed by atoms with Gasteiger partial charge in [0.05, 0.1) is 0 Å². The number of aliphatic carboxylic acids is 1. The van der Waals surface area contributed by atoms with Crippen LogP contribution in [0.1, 0.15) is 12.8 Å². The van der Waals surface area contributed by atoms with E-state index in [0.717, 1.165) is 0 Å². The van der Waals surface area contributed by atoms with E-state index in [0.29, 0.717) is 13.1 Å². The topological polar surface area (TPSA) is 98.7 Å². The zero-order valence-corrected chi connectivity index (χ0v) is 7.04. The second-order valence-electron chi connectivity index (χ2n) is 3.07. The first kappa shape index (κ1) is 9.79. The molecule has 6 heteroatoms. The molecule has 1 heterocycles. The van der Waals surface area contributed by atoms with E-state index in [1.807, 2.05) is 0 Å². The number of rotatable bonds is 2. The summed E-state index contributed by atoms with van der Waals surface area (Å²) in [4.78, 5) is 21.2. The maximum Gasteiger partial charge on any atom is 0.405 e. The second-order valence-corrected chi connectivity index (χ2v) is 3.07. The number of carboxylic acid groups (broad SMARTS) is 2. The van der Waals surface area contributed by atoms with E-state index in [2.05, 4.69) is 10.6 Å². The van der Waals surface area contributed by atoms with E-state index in [1.165, 1.54) is 0 Å². The first-order valence-corrected chi connectivity index (χ1v) is 4.02. The Kier molecular flexibility index (Phi) is 2.72. The maximum atomic E-state index is 10.9. The molecule has 0 spiro atoms. The largest absolute Gasteiger partial charge is 0.480 e. The first-order chi connectivity index (χ1) is 6.07. The molecule has 0 saturated carbocycles. The first-order valence-electron chi connectivity index (χ1n) is 4.02. The Hall–Kier alpha value is -1.30. The van der Waals surface area contributed by atoms with Crippen molar-refractivity contribution in [2.45, 2.75) is 18.4 Å². The van der Waals surface area contributed by atoms with Gasteiger partial charge in [0.1, 0.15) is 5.54 Å². The highest BCUT2D eigenvalue weighted by molar-refractivity contribution is 5.83. The molecule has 1 fully saturated rings. The van der Waals surface area contributed by atoms with Gasteiger partial charge in [0.25, 0.3) is 0 Å². The molecule has 6 nitrogen and oxygen atoms in total. The monoisotopic (exact) mass is 188 g/mol. The predicted octanol–water partition coefficient (Wildman–Crippen LogP) is -0.539. The molecule has 1 rings (SSSR count). The van der Waals surface area contributed by atoms with Crippen LogP contribution in [-0.2, 0) is 4.79 Å². The van der Waals surface area contributed by atoms with Gasteiger partial charge in [-0.15, -0.1) is 0 Å². The molecule has 0 bridgehead atoms. The molecule has 0 aromatic rings. The van der Waals surface area contributed by atoms with E-state index >= 15 is 0 Å². The van der Waals surface area contributed by atoms with Gasteiger partial charge in [0.2, 0.25) is 0 Å². The molecule has 1 aliphatic rings. The summed E-state index contributed by atoms with van der Waals surface area (Å²) in [5.41, 5.74) is -1.29. The van der Waals surface area contributed by atoms with Crippen LogP contribution in [0.3, 0.4) is 0 Å². The third-order valence-electron chi connectivity index (χ3n) is 2.21. The predicted molar refractivity (Wildman–Crippen MR) is 43.6 cm³/mol. The Bertz CT molecular complexity index is 223. The summed E-state index contributed by atoms with van der Waals surface area (Å²) >= 11 is 0. The minimum Gasteiger partial charge on any atom is -0.480 e. The minimum absolute atomic E-state index is 0.286. The fourth-order valence-corrected chi connectivity index (χ4v) is 1.45. The van der Waals surface area contributed by atoms with Gasteiger partial charge in [0.15, 0.2) is 0 Å². The Labute approximate surface area is 74.9 Å². The standard InChI is InChI=1S/C7H12N2O4/c10-5(11)7(9-6(12)13)1-3-8-4-2-7/h8-9H,1-4H2,(H,10,11)(H,12,13). The molecule has 1 amide bonds. The molecule has 74 valence electrons. The van der Waals surface area contributed by atoms with Gasteiger partial charge in [0, 0.05) is 0 Å². The zero-order valence-electron chi connectivity index (χ0n) is 7.04. The van der Waals surface area contributed by atoms with Crippen LogP contribution in [0.4, 0.5) is 4.79 Å². The van der Waals surface area contributed by atoms with Crippen LogP contribution >= 0.6 is 0 Å². The molecule has 0 aliphatic carbocycles. The van der Waals surface area contributed by atoms with Crippen LogP contribution < -0.4 is 10.6 Å². The highest BCUT2D eigenvalue weighted by Gasteiger charge is 2.41. The Morgan fingerprint density at radius 3 is 2.15 bits per heavy atom. The number of nitrogens with one attached hydrogen (secondary N) is 2. The Morgan fingerprint density at radius 2 is 1.77 bits per heavy atom. The third kappa shape index (κ3) is 2.09. The molecule has 0 atom stereocenters. The fraction of sp³-hybridized carbons (Fsp3) is 0.714. The van der Waals surface area contributed by atoms with Gasteiger partial charge in [-0.1, -0.05) is 0 Å². The van der Waals surface area contributed by atoms with Crippen molar-refractivity contribution in [2.24, 2.45) is 0 Å². The molecule has 13 heavy (non-hydrogen) atoms. The number of carbonyl (C=O) groups is 2. The van der Waals surface area contributed by atoms with Crippen LogP contribution in [0.25, 0.3) is 0 Å². The molecule has 0 aromatic heterocycles. The highest BCUT2D eigenvalue weighted by atomic mass is 16.4. The van der Waals surface area contributed by atoms with E-state index < -0.39 is 17.6 Å². The maximum absolute atomic E-state index is 10.9. The van der Waals surface area contributed by atoms with Crippen molar-refractivity contribution in [3.63, 3.8) is 0 Å². The molecule has 0 radical (unpaired) electrons. The average molecular weight is 188 g/mol. The zero-order chi connectivity index (χ0) is 9.90. The van der Waals surface area contributed by atoms with Crippen LogP contribution in [0, 0.1) is 0 Å². The van der Waals surface area contributed by atoms with Gasteiger partial charge < -0.3 is 20.8 Å². The number of hydrogen-bond donors (Lipinski definition) is 4. The van der Waals surface area contributed by atoms with E-state index in [1.54, 1.807) is 0 Å². The van der Waals surface area contributed by atoms with Crippen molar-refractivity contribution in [3.05, 3.63) is 0 Å². The van der Waals surface area contributed by atoms with Gasteiger partial charge in [-0.25, -0.2) is 9.59 Å². The third-order valence-corrected chi connectivity index (χ3v) is 2.21. The van der Waals surface area contributed by atoms with Crippen LogP contribution in [0.5, 0.6) is 0 Å². The van der Waals surface area contributed by atoms with Crippen molar-refractivity contribution < 1.29 is 19.8 Å². The van der Waals surface area contributed by atoms with E-state index in [-0.39, 0.29) is 12.8 Å². The fourth-order valence-electron chi connectivity index (χ4n) is 1.45. The summed E-state index contributed by atoms with van der Waals surface area (Å²) in [5, 5.41) is 22.4. The normalized spacial score (nSPS) is 20.6. The van der Waals surface area contributed by atoms with Gasteiger partial charge >= 0.3 is 12.1 Å². The number of hydrogen-bond acceptors (Lipinski definition) is 3. The molecular formula is C7H12N2O4. The Morgan fingerprint density at radius 1 is 1.23 bits per heavy atom. The van der Waals surface area contributed by atoms with Gasteiger partial charge in [-0.3, -0.25) is 0 Å². The van der Waals surface area contributed by atoms with Gasteiger partial charge in [-0.2, -0.15) is 0 Å². The van der Waals surface area contributed by atoms with Crippen LogP contribution in [0.2, 0.25) is 0 Å². The summed E-state index contributed by atoms with van der Waals surface area (Å²) in [7, 11) is 0. The lowest BCUT2D eigenvalue weighted by Crippen LogP contribution is -2.59. The van der Waals surface area contributed by atoms with E-state index in [4.69, 9.17) is 10.2 Å². The van der Waals surface area contributed by atoms with E-state index in [9.17, 15) is 9.59 Å². The lowest BCUT2D eigenvalue weighted by molar-refractivity contribution is -0.145. The average Bonchev–Trinajstić information content (AvgIpc) is 2.04. The van der Waals surface area contributed by atoms with Crippen molar-refractivity contribution in [2.75, 3.05) is 13.1 Å². The molecule has 0 aromatic carbocycles. The van der Waals surface area contributed by atoms with Crippen LogP contribution in [0.15, 0.2) is 0 Å². The van der Waals surface area contributed by atoms with Crippen molar-refractivity contribution in [1.82, 2.24) is 10.6 Å².